The molecule has 3 aromatic carbocycles. The summed E-state index contributed by atoms with van der Waals surface area (Å²) < 4.78 is 0. The van der Waals surface area contributed by atoms with Gasteiger partial charge >= 0.3 is 0 Å². The van der Waals surface area contributed by atoms with Crippen molar-refractivity contribution in [2.45, 2.75) is 0 Å². The number of hydrogen-bond acceptors (Lipinski definition) is 2. The highest BCUT2D eigenvalue weighted by Gasteiger charge is 2.07. The van der Waals surface area contributed by atoms with Crippen molar-refractivity contribution in [1.29, 1.82) is 0 Å². The maximum absolute atomic E-state index is 12.1. The molecule has 0 spiro atoms. The average Bonchev–Trinajstić information content (AvgIpc) is 2.63. The van der Waals surface area contributed by atoms with Crippen LogP contribution in [0.4, 0.5) is 5.69 Å². The first kappa shape index (κ1) is 18.4. The Morgan fingerprint density at radius 2 is 1.69 bits per heavy atom. The van der Waals surface area contributed by atoms with Crippen molar-refractivity contribution in [3.8, 4) is 0 Å². The molecule has 0 fully saturated rings. The van der Waals surface area contributed by atoms with Gasteiger partial charge in [-0.1, -0.05) is 71.7 Å². The van der Waals surface area contributed by atoms with Crippen LogP contribution in [0.3, 0.4) is 0 Å². The molecule has 0 aliphatic heterocycles. The van der Waals surface area contributed by atoms with Crippen molar-refractivity contribution >= 4 is 69.0 Å². The summed E-state index contributed by atoms with van der Waals surface area (Å²) in [5, 5.41) is 8.52. The minimum atomic E-state index is -0.339. The second-order valence-electron chi connectivity index (χ2n) is 5.45. The second-order valence-corrected chi connectivity index (χ2v) is 6.64. The predicted octanol–water partition coefficient (Wildman–Crippen LogP) is 5.67. The lowest BCUT2D eigenvalue weighted by molar-refractivity contribution is -0.115. The SMILES string of the molecule is O=C(/C=C\c1cccc2ccccc12)NC(=S)Nc1cccc(Cl)c1Cl. The first-order valence-electron chi connectivity index (χ1n) is 7.76. The van der Waals surface area contributed by atoms with Crippen LogP contribution in [0.15, 0.2) is 66.7 Å². The predicted molar refractivity (Wildman–Crippen MR) is 114 cm³/mol. The number of halogens is 2. The quantitative estimate of drug-likeness (QED) is 0.439. The molecule has 0 aliphatic carbocycles. The molecule has 3 rings (SSSR count). The molecule has 0 bridgehead atoms. The molecule has 0 atom stereocenters. The fourth-order valence-corrected chi connectivity index (χ4v) is 3.03. The smallest absolute Gasteiger partial charge is 0.250 e. The number of amides is 1. The van der Waals surface area contributed by atoms with Crippen LogP contribution in [-0.2, 0) is 4.79 Å². The van der Waals surface area contributed by atoms with E-state index in [1.54, 1.807) is 24.3 Å². The first-order valence-corrected chi connectivity index (χ1v) is 8.93. The third-order valence-corrected chi connectivity index (χ3v) is 4.70. The van der Waals surface area contributed by atoms with Gasteiger partial charge in [-0.2, -0.15) is 0 Å². The van der Waals surface area contributed by atoms with E-state index in [-0.39, 0.29) is 11.0 Å². The molecular weight excluding hydrogens is 387 g/mol. The Morgan fingerprint density at radius 3 is 2.54 bits per heavy atom. The van der Waals surface area contributed by atoms with Crippen LogP contribution in [-0.4, -0.2) is 11.0 Å². The van der Waals surface area contributed by atoms with Gasteiger partial charge in [0.15, 0.2) is 5.11 Å². The van der Waals surface area contributed by atoms with Gasteiger partial charge in [-0.15, -0.1) is 0 Å². The number of carbonyl (C=O) groups excluding carboxylic acids is 1. The second kappa shape index (κ2) is 8.32. The van der Waals surface area contributed by atoms with Gasteiger partial charge in [-0.25, -0.2) is 0 Å². The number of rotatable bonds is 3. The van der Waals surface area contributed by atoms with Crippen molar-refractivity contribution in [2.24, 2.45) is 0 Å². The van der Waals surface area contributed by atoms with Gasteiger partial charge in [0.1, 0.15) is 0 Å². The van der Waals surface area contributed by atoms with E-state index in [0.29, 0.717) is 15.7 Å². The minimum absolute atomic E-state index is 0.140. The summed E-state index contributed by atoms with van der Waals surface area (Å²) in [7, 11) is 0. The highest BCUT2D eigenvalue weighted by Crippen LogP contribution is 2.29. The van der Waals surface area contributed by atoms with Crippen LogP contribution in [0.5, 0.6) is 0 Å². The molecule has 0 heterocycles. The molecule has 0 saturated carbocycles. The molecule has 3 aromatic rings. The number of benzene rings is 3. The Bertz CT molecular complexity index is 1010. The van der Waals surface area contributed by atoms with Crippen LogP contribution in [0.2, 0.25) is 10.0 Å². The lowest BCUT2D eigenvalue weighted by Gasteiger charge is -2.10. The topological polar surface area (TPSA) is 41.1 Å². The summed E-state index contributed by atoms with van der Waals surface area (Å²) in [6, 6.07) is 19.0. The van der Waals surface area contributed by atoms with Crippen LogP contribution in [0.1, 0.15) is 5.56 Å². The van der Waals surface area contributed by atoms with Gasteiger partial charge in [-0.3, -0.25) is 10.1 Å². The number of nitrogens with one attached hydrogen (secondary N) is 2. The number of hydrogen-bond donors (Lipinski definition) is 2. The lowest BCUT2D eigenvalue weighted by Crippen LogP contribution is -2.32. The molecule has 2 N–H and O–H groups in total. The van der Waals surface area contributed by atoms with Gasteiger partial charge in [-0.05, 0) is 46.8 Å². The molecule has 6 heteroatoms. The summed E-state index contributed by atoms with van der Waals surface area (Å²) in [6.45, 7) is 0. The zero-order valence-corrected chi connectivity index (χ0v) is 15.8. The van der Waals surface area contributed by atoms with E-state index in [9.17, 15) is 4.79 Å². The summed E-state index contributed by atoms with van der Waals surface area (Å²) >= 11 is 17.2. The largest absolute Gasteiger partial charge is 0.331 e. The van der Waals surface area contributed by atoms with E-state index in [1.165, 1.54) is 6.08 Å². The van der Waals surface area contributed by atoms with E-state index < -0.39 is 0 Å². The number of carbonyl (C=O) groups is 1. The normalized spacial score (nSPS) is 10.8. The Morgan fingerprint density at radius 1 is 0.962 bits per heavy atom. The standard InChI is InChI=1S/C20H14Cl2N2OS/c21-16-9-4-10-17(19(16)22)23-20(26)24-18(25)12-11-14-7-3-6-13-5-1-2-8-15(13)14/h1-12H,(H2,23,24,25,26)/b12-11-. The van der Waals surface area contributed by atoms with Gasteiger partial charge in [0, 0.05) is 6.08 Å². The van der Waals surface area contributed by atoms with Crippen LogP contribution < -0.4 is 10.6 Å². The fraction of sp³-hybridized carbons (Fsp3) is 0. The van der Waals surface area contributed by atoms with Crippen molar-refractivity contribution in [2.75, 3.05) is 5.32 Å². The summed E-state index contributed by atoms with van der Waals surface area (Å²) in [4.78, 5) is 12.1. The van der Waals surface area contributed by atoms with Gasteiger partial charge < -0.3 is 5.32 Å². The monoisotopic (exact) mass is 400 g/mol. The number of thiocarbonyl (C=S) groups is 1. The Hall–Kier alpha value is -2.40. The molecule has 0 radical (unpaired) electrons. The van der Waals surface area contributed by atoms with Crippen LogP contribution >= 0.6 is 35.4 Å². The Labute approximate surface area is 166 Å². The molecular formula is C20H14Cl2N2OS. The first-order chi connectivity index (χ1) is 12.5. The minimum Gasteiger partial charge on any atom is -0.331 e. The Kier molecular flexibility index (Phi) is 5.89. The molecule has 0 aromatic heterocycles. The Balaban J connectivity index is 1.67. The summed E-state index contributed by atoms with van der Waals surface area (Å²) in [5.74, 6) is -0.339. The van der Waals surface area contributed by atoms with Crippen molar-refractivity contribution < 1.29 is 4.79 Å². The van der Waals surface area contributed by atoms with E-state index in [4.69, 9.17) is 35.4 Å². The molecule has 1 amide bonds. The number of anilines is 1. The van der Waals surface area contributed by atoms with E-state index in [1.807, 2.05) is 42.5 Å². The highest BCUT2D eigenvalue weighted by molar-refractivity contribution is 7.80. The zero-order chi connectivity index (χ0) is 18.5. The van der Waals surface area contributed by atoms with E-state index in [2.05, 4.69) is 10.6 Å². The number of fused-ring (bicyclic) bond motifs is 1. The summed E-state index contributed by atoms with van der Waals surface area (Å²) in [5.41, 5.74) is 1.48. The van der Waals surface area contributed by atoms with Crippen molar-refractivity contribution in [3.63, 3.8) is 0 Å². The third kappa shape index (κ3) is 4.41. The van der Waals surface area contributed by atoms with E-state index >= 15 is 0 Å². The molecule has 0 unspecified atom stereocenters. The van der Waals surface area contributed by atoms with Gasteiger partial charge in [0.05, 0.1) is 15.7 Å². The lowest BCUT2D eigenvalue weighted by atomic mass is 10.0. The molecule has 130 valence electrons. The molecule has 3 nitrogen and oxygen atoms in total. The highest BCUT2D eigenvalue weighted by atomic mass is 35.5. The summed E-state index contributed by atoms with van der Waals surface area (Å²) in [6.07, 6.45) is 3.20. The van der Waals surface area contributed by atoms with Crippen molar-refractivity contribution in [1.82, 2.24) is 5.32 Å². The maximum atomic E-state index is 12.1. The van der Waals surface area contributed by atoms with Crippen LogP contribution in [0, 0.1) is 0 Å². The van der Waals surface area contributed by atoms with Crippen LogP contribution in [0.25, 0.3) is 16.8 Å². The zero-order valence-electron chi connectivity index (χ0n) is 13.5. The molecule has 0 aliphatic rings. The average molecular weight is 401 g/mol. The van der Waals surface area contributed by atoms with E-state index in [0.717, 1.165) is 16.3 Å². The van der Waals surface area contributed by atoms with Gasteiger partial charge in [0.25, 0.3) is 0 Å². The third-order valence-electron chi connectivity index (χ3n) is 3.67. The molecule has 26 heavy (non-hydrogen) atoms. The fourth-order valence-electron chi connectivity index (χ4n) is 2.47. The van der Waals surface area contributed by atoms with Crippen molar-refractivity contribution in [3.05, 3.63) is 82.3 Å². The molecule has 0 saturated heterocycles. The van der Waals surface area contributed by atoms with Gasteiger partial charge in [0.2, 0.25) is 5.91 Å². The maximum Gasteiger partial charge on any atom is 0.250 e.